The van der Waals surface area contributed by atoms with E-state index in [-0.39, 0.29) is 21.7 Å². The summed E-state index contributed by atoms with van der Waals surface area (Å²) >= 11 is 0. The van der Waals surface area contributed by atoms with Crippen molar-refractivity contribution in [2.45, 2.75) is 264 Å². The molecule has 0 saturated heterocycles. The molecular weight excluding hydrogens is 1190 g/mol. The summed E-state index contributed by atoms with van der Waals surface area (Å²) in [5.41, 5.74) is 28.2. The monoisotopic (exact) mass is 1300 g/mol. The van der Waals surface area contributed by atoms with E-state index in [1.807, 2.05) is 0 Å². The SMILES string of the molecule is CCCCCCCCC1(CCCCCCCC)c2cc(N(c3ccccc3)c3ccc4c(c3)C(C)(C)c3cc(-c5ccccc5C(C)(C)C)c5oc6ccccc6c5c3-4)ccc2-c2cc3c(cc21)-c1c(ccc2oc4ccccc4c12)C3(CCCCCCCC)CCCCCCCC. The molecule has 98 heavy (non-hydrogen) atoms. The molecule has 3 aliphatic rings. The van der Waals surface area contributed by atoms with Crippen LogP contribution >= 0.6 is 0 Å². The van der Waals surface area contributed by atoms with Gasteiger partial charge in [-0.1, -0.05) is 313 Å². The lowest BCUT2D eigenvalue weighted by Gasteiger charge is -2.35. The molecule has 0 fully saturated rings. The van der Waals surface area contributed by atoms with Crippen LogP contribution in [0.1, 0.15) is 281 Å². The van der Waals surface area contributed by atoms with Gasteiger partial charge in [-0.15, -0.1) is 0 Å². The Balaban J connectivity index is 0.961. The number of fused-ring (bicyclic) bond motifs is 17. The maximum atomic E-state index is 7.09. The summed E-state index contributed by atoms with van der Waals surface area (Å²) in [7, 11) is 0. The summed E-state index contributed by atoms with van der Waals surface area (Å²) in [6.07, 6.45) is 35.7. The molecule has 0 radical (unpaired) electrons. The number of para-hydroxylation sites is 3. The minimum atomic E-state index is -0.323. The van der Waals surface area contributed by atoms with Crippen LogP contribution in [0.25, 0.3) is 88.4 Å². The number of furan rings is 2. The number of hydrogen-bond donors (Lipinski definition) is 0. The molecule has 3 aliphatic carbocycles. The fourth-order valence-electron chi connectivity index (χ4n) is 18.9. The fourth-order valence-corrected chi connectivity index (χ4v) is 18.9. The molecule has 9 aromatic carbocycles. The zero-order valence-corrected chi connectivity index (χ0v) is 61.2. The summed E-state index contributed by atoms with van der Waals surface area (Å²) in [6.45, 7) is 21.4. The van der Waals surface area contributed by atoms with Crippen molar-refractivity contribution in [3.05, 3.63) is 209 Å². The normalized spacial score (nSPS) is 14.5. The highest BCUT2D eigenvalue weighted by Crippen LogP contribution is 2.64. The van der Waals surface area contributed by atoms with Crippen LogP contribution < -0.4 is 4.90 Å². The van der Waals surface area contributed by atoms with E-state index in [0.717, 1.165) is 35.2 Å². The molecule has 3 nitrogen and oxygen atoms in total. The van der Waals surface area contributed by atoms with Gasteiger partial charge in [-0.2, -0.15) is 0 Å². The Hall–Kier alpha value is -7.62. The maximum absolute atomic E-state index is 7.09. The molecule has 0 amide bonds. The van der Waals surface area contributed by atoms with E-state index in [1.54, 1.807) is 22.3 Å². The summed E-state index contributed by atoms with van der Waals surface area (Å²) in [6, 6.07) is 66.5. The van der Waals surface area contributed by atoms with Crippen molar-refractivity contribution in [1.82, 2.24) is 0 Å². The first-order chi connectivity index (χ1) is 47.9. The van der Waals surface area contributed by atoms with Gasteiger partial charge in [0.15, 0.2) is 0 Å². The van der Waals surface area contributed by atoms with Crippen LogP contribution in [-0.4, -0.2) is 0 Å². The summed E-state index contributed by atoms with van der Waals surface area (Å²) < 4.78 is 14.0. The molecule has 0 aliphatic heterocycles. The van der Waals surface area contributed by atoms with Crippen LogP contribution in [0.5, 0.6) is 0 Å². The minimum Gasteiger partial charge on any atom is -0.456 e. The van der Waals surface area contributed by atoms with Gasteiger partial charge in [-0.3, -0.25) is 0 Å². The second-order valence-corrected chi connectivity index (χ2v) is 31.8. The zero-order valence-electron chi connectivity index (χ0n) is 61.2. The fraction of sp³-hybridized carbons (Fsp3) is 0.432. The van der Waals surface area contributed by atoms with Crippen molar-refractivity contribution in [1.29, 1.82) is 0 Å². The van der Waals surface area contributed by atoms with E-state index in [4.69, 9.17) is 8.83 Å². The Labute approximate surface area is 588 Å². The van der Waals surface area contributed by atoms with Crippen LogP contribution in [0.4, 0.5) is 17.1 Å². The van der Waals surface area contributed by atoms with Gasteiger partial charge in [0.05, 0.1) is 0 Å². The highest BCUT2D eigenvalue weighted by atomic mass is 16.3. The number of anilines is 3. The van der Waals surface area contributed by atoms with Crippen molar-refractivity contribution < 1.29 is 8.83 Å². The molecule has 0 saturated carbocycles. The van der Waals surface area contributed by atoms with Crippen molar-refractivity contribution in [2.75, 3.05) is 4.90 Å². The molecule has 3 heteroatoms. The molecule has 508 valence electrons. The van der Waals surface area contributed by atoms with Gasteiger partial charge in [0.25, 0.3) is 0 Å². The second kappa shape index (κ2) is 28.9. The van der Waals surface area contributed by atoms with Gasteiger partial charge in [-0.05, 0) is 182 Å². The smallest absolute Gasteiger partial charge is 0.143 e. The zero-order chi connectivity index (χ0) is 67.6. The van der Waals surface area contributed by atoms with Crippen molar-refractivity contribution in [3.63, 3.8) is 0 Å². The summed E-state index contributed by atoms with van der Waals surface area (Å²) in [5, 5.41) is 4.99. The summed E-state index contributed by atoms with van der Waals surface area (Å²) in [4.78, 5) is 2.61. The topological polar surface area (TPSA) is 29.5 Å². The molecule has 0 unspecified atom stereocenters. The quantitative estimate of drug-likeness (QED) is 0.0394. The van der Waals surface area contributed by atoms with E-state index in [1.165, 1.54) is 267 Å². The lowest BCUT2D eigenvalue weighted by atomic mass is 9.68. The predicted octanol–water partition coefficient (Wildman–Crippen LogP) is 29.8. The Bertz CT molecular complexity index is 4580. The molecule has 0 spiro atoms. The van der Waals surface area contributed by atoms with Crippen molar-refractivity contribution >= 4 is 60.9 Å². The molecule has 14 rings (SSSR count). The van der Waals surface area contributed by atoms with Gasteiger partial charge >= 0.3 is 0 Å². The third-order valence-electron chi connectivity index (χ3n) is 24.0. The molecule has 2 heterocycles. The third-order valence-corrected chi connectivity index (χ3v) is 24.0. The van der Waals surface area contributed by atoms with E-state index in [2.05, 4.69) is 237 Å². The Kier molecular flexibility index (Phi) is 19.9. The van der Waals surface area contributed by atoms with Gasteiger partial charge in [0.2, 0.25) is 0 Å². The first kappa shape index (κ1) is 67.6. The Morgan fingerprint density at radius 1 is 0.316 bits per heavy atom. The highest BCUT2D eigenvalue weighted by molar-refractivity contribution is 6.19. The van der Waals surface area contributed by atoms with Crippen LogP contribution in [0.3, 0.4) is 0 Å². The van der Waals surface area contributed by atoms with Gasteiger partial charge in [0, 0.05) is 60.4 Å². The molecule has 0 bridgehead atoms. The lowest BCUT2D eigenvalue weighted by molar-refractivity contribution is 0.394. The molecular formula is C95H111NO2. The number of nitrogens with zero attached hydrogens (tertiary/aromatic N) is 1. The molecule has 0 N–H and O–H groups in total. The van der Waals surface area contributed by atoms with Crippen LogP contribution in [0, 0.1) is 0 Å². The maximum Gasteiger partial charge on any atom is 0.143 e. The minimum absolute atomic E-state index is 0.0633. The standard InChI is InChI=1S/C95H111NO2/c1-10-14-18-22-26-39-57-94(58-40-27-23-19-15-11-2)78-55-56-86-89(72-46-34-37-49-84(72)97-86)88(78)76-65-81-74(63-82(76)94)70-53-51-68(62-80(70)95(81,59-41-28-24-20-16-12-3)60-42-29-25-21-17-13-4)96(66-43-31-30-32-44-66)67-52-54-71-79(61-67)93(8,9)83-64-75(69-45-33-36-48-77(69)92(5,6)7)91-90(87(71)83)73-47-35-38-50-85(73)98-91/h30-38,43-56,61-65H,10-29,39-42,57-60H2,1-9H3. The van der Waals surface area contributed by atoms with Crippen LogP contribution in [0.15, 0.2) is 179 Å². The van der Waals surface area contributed by atoms with E-state index < -0.39 is 0 Å². The highest BCUT2D eigenvalue weighted by Gasteiger charge is 2.49. The molecule has 2 aromatic heterocycles. The number of unbranched alkanes of at least 4 members (excludes halogenated alkanes) is 20. The second-order valence-electron chi connectivity index (χ2n) is 31.8. The predicted molar refractivity (Wildman–Crippen MR) is 422 cm³/mol. The number of benzene rings is 9. The first-order valence-electron chi connectivity index (χ1n) is 39.2. The number of hydrogen-bond acceptors (Lipinski definition) is 3. The van der Waals surface area contributed by atoms with Crippen LogP contribution in [0.2, 0.25) is 0 Å². The van der Waals surface area contributed by atoms with E-state index in [0.29, 0.717) is 0 Å². The van der Waals surface area contributed by atoms with Crippen molar-refractivity contribution in [2.24, 2.45) is 0 Å². The van der Waals surface area contributed by atoms with Gasteiger partial charge in [0.1, 0.15) is 22.3 Å². The largest absolute Gasteiger partial charge is 0.456 e. The molecule has 0 atom stereocenters. The van der Waals surface area contributed by atoms with Crippen LogP contribution in [-0.2, 0) is 21.7 Å². The third kappa shape index (κ3) is 12.3. The number of rotatable bonds is 32. The van der Waals surface area contributed by atoms with E-state index in [9.17, 15) is 0 Å². The summed E-state index contributed by atoms with van der Waals surface area (Å²) in [5.74, 6) is 0. The molecule has 11 aromatic rings. The Morgan fingerprint density at radius 2 is 0.765 bits per heavy atom. The van der Waals surface area contributed by atoms with Gasteiger partial charge < -0.3 is 13.7 Å². The Morgan fingerprint density at radius 3 is 1.36 bits per heavy atom. The van der Waals surface area contributed by atoms with E-state index >= 15 is 0 Å². The van der Waals surface area contributed by atoms with Gasteiger partial charge in [-0.25, -0.2) is 0 Å². The average Bonchev–Trinajstić information content (AvgIpc) is 1.53. The lowest BCUT2D eigenvalue weighted by Crippen LogP contribution is -2.27. The van der Waals surface area contributed by atoms with Crippen molar-refractivity contribution in [3.8, 4) is 44.5 Å². The average molecular weight is 1300 g/mol. The first-order valence-corrected chi connectivity index (χ1v) is 39.2.